The van der Waals surface area contributed by atoms with Crippen molar-refractivity contribution in [3.8, 4) is 17.2 Å². The molecule has 0 aromatic heterocycles. The highest BCUT2D eigenvalue weighted by Gasteiger charge is 2.00. The predicted molar refractivity (Wildman–Crippen MR) is 111 cm³/mol. The third-order valence-corrected chi connectivity index (χ3v) is 3.95. The van der Waals surface area contributed by atoms with Gasteiger partial charge in [-0.3, -0.25) is 9.59 Å². The van der Waals surface area contributed by atoms with Gasteiger partial charge in [-0.1, -0.05) is 18.2 Å². The van der Waals surface area contributed by atoms with E-state index in [4.69, 9.17) is 0 Å². The average Bonchev–Trinajstić information content (AvgIpc) is 2.71. The summed E-state index contributed by atoms with van der Waals surface area (Å²) in [6, 6.07) is 10.8. The molecule has 0 saturated heterocycles. The number of phenolic OH excluding ortho intramolecular Hbond substituents is 3. The lowest BCUT2D eigenvalue weighted by Crippen LogP contribution is -2.25. The van der Waals surface area contributed by atoms with Crippen molar-refractivity contribution in [3.63, 3.8) is 0 Å². The predicted octanol–water partition coefficient (Wildman–Crippen LogP) is 2.54. The van der Waals surface area contributed by atoms with Crippen LogP contribution in [0.1, 0.15) is 24.0 Å². The lowest BCUT2D eigenvalue weighted by Gasteiger charge is -2.04. The highest BCUT2D eigenvalue weighted by molar-refractivity contribution is 5.92. The Morgan fingerprint density at radius 2 is 1.24 bits per heavy atom. The van der Waals surface area contributed by atoms with Crippen LogP contribution in [-0.2, 0) is 9.59 Å². The van der Waals surface area contributed by atoms with Crippen LogP contribution in [0.15, 0.2) is 54.6 Å². The number of amides is 2. The van der Waals surface area contributed by atoms with Crippen LogP contribution >= 0.6 is 0 Å². The van der Waals surface area contributed by atoms with Crippen molar-refractivity contribution >= 4 is 24.0 Å². The second-order valence-corrected chi connectivity index (χ2v) is 6.30. The van der Waals surface area contributed by atoms with Crippen molar-refractivity contribution in [1.29, 1.82) is 0 Å². The van der Waals surface area contributed by atoms with Gasteiger partial charge in [0.1, 0.15) is 5.75 Å². The van der Waals surface area contributed by atoms with Gasteiger partial charge in [0.25, 0.3) is 0 Å². The van der Waals surface area contributed by atoms with Gasteiger partial charge in [-0.15, -0.1) is 0 Å². The van der Waals surface area contributed by atoms with E-state index in [-0.39, 0.29) is 29.1 Å². The average molecular weight is 396 g/mol. The zero-order valence-electron chi connectivity index (χ0n) is 15.8. The molecule has 0 saturated carbocycles. The Labute approximate surface area is 169 Å². The summed E-state index contributed by atoms with van der Waals surface area (Å²) in [5, 5.41) is 33.3. The van der Waals surface area contributed by atoms with Crippen LogP contribution in [0.4, 0.5) is 0 Å². The zero-order chi connectivity index (χ0) is 21.1. The summed E-state index contributed by atoms with van der Waals surface area (Å²) in [5.74, 6) is -0.753. The molecule has 5 N–H and O–H groups in total. The van der Waals surface area contributed by atoms with Gasteiger partial charge in [-0.25, -0.2) is 0 Å². The van der Waals surface area contributed by atoms with Gasteiger partial charge >= 0.3 is 0 Å². The van der Waals surface area contributed by atoms with E-state index in [1.807, 2.05) is 0 Å². The van der Waals surface area contributed by atoms with Gasteiger partial charge in [0.05, 0.1) is 0 Å². The molecule has 2 aromatic rings. The highest BCUT2D eigenvalue weighted by atomic mass is 16.3. The maximum atomic E-state index is 11.7. The summed E-state index contributed by atoms with van der Waals surface area (Å²) in [6.45, 7) is 0.973. The first kappa shape index (κ1) is 21.6. The summed E-state index contributed by atoms with van der Waals surface area (Å²) in [5.41, 5.74) is 1.41. The molecule has 2 rings (SSSR count). The number of unbranched alkanes of at least 4 members (excludes halogenated alkanes) is 1. The molecule has 0 unspecified atom stereocenters. The van der Waals surface area contributed by atoms with Crippen LogP contribution < -0.4 is 10.6 Å². The summed E-state index contributed by atoms with van der Waals surface area (Å²) in [4.78, 5) is 23.5. The van der Waals surface area contributed by atoms with Crippen molar-refractivity contribution in [3.05, 3.63) is 65.7 Å². The molecule has 0 radical (unpaired) electrons. The fraction of sp³-hybridized carbons (Fsp3) is 0.182. The third-order valence-electron chi connectivity index (χ3n) is 3.95. The molecule has 7 heteroatoms. The summed E-state index contributed by atoms with van der Waals surface area (Å²) in [7, 11) is 0. The second-order valence-electron chi connectivity index (χ2n) is 6.30. The van der Waals surface area contributed by atoms with E-state index in [1.54, 1.807) is 36.4 Å². The van der Waals surface area contributed by atoms with Crippen molar-refractivity contribution in [2.24, 2.45) is 0 Å². The number of hydrogen-bond donors (Lipinski definition) is 5. The van der Waals surface area contributed by atoms with Crippen LogP contribution in [0.5, 0.6) is 17.2 Å². The maximum Gasteiger partial charge on any atom is 0.243 e. The number of hydrogen-bond acceptors (Lipinski definition) is 5. The number of carbonyl (C=O) groups excluding carboxylic acids is 2. The molecule has 0 fully saturated rings. The molecule has 152 valence electrons. The molecular weight excluding hydrogens is 372 g/mol. The van der Waals surface area contributed by atoms with Gasteiger partial charge in [0.15, 0.2) is 11.5 Å². The van der Waals surface area contributed by atoms with Crippen molar-refractivity contribution in [2.75, 3.05) is 13.1 Å². The first-order valence-electron chi connectivity index (χ1n) is 9.17. The fourth-order valence-corrected chi connectivity index (χ4v) is 2.36. The van der Waals surface area contributed by atoms with E-state index in [2.05, 4.69) is 10.6 Å². The molecule has 0 aliphatic rings. The van der Waals surface area contributed by atoms with Gasteiger partial charge < -0.3 is 26.0 Å². The van der Waals surface area contributed by atoms with Gasteiger partial charge in [-0.05, 0) is 60.4 Å². The molecule has 0 aliphatic heterocycles. The summed E-state index contributed by atoms with van der Waals surface area (Å²) in [6.07, 6.45) is 7.41. The molecule has 0 spiro atoms. The van der Waals surface area contributed by atoms with E-state index < -0.39 is 0 Å². The maximum absolute atomic E-state index is 11.7. The number of phenols is 3. The normalized spacial score (nSPS) is 11.0. The largest absolute Gasteiger partial charge is 0.508 e. The van der Waals surface area contributed by atoms with E-state index in [1.165, 1.54) is 30.4 Å². The van der Waals surface area contributed by atoms with E-state index >= 15 is 0 Å². The monoisotopic (exact) mass is 396 g/mol. The Balaban J connectivity index is 1.58. The van der Waals surface area contributed by atoms with Gasteiger partial charge in [-0.2, -0.15) is 0 Å². The molecule has 2 aromatic carbocycles. The molecule has 0 aliphatic carbocycles. The first-order chi connectivity index (χ1) is 13.9. The summed E-state index contributed by atoms with van der Waals surface area (Å²) >= 11 is 0. The summed E-state index contributed by atoms with van der Waals surface area (Å²) < 4.78 is 0. The lowest BCUT2D eigenvalue weighted by molar-refractivity contribution is -0.117. The molecule has 0 heterocycles. The van der Waals surface area contributed by atoms with E-state index in [0.717, 1.165) is 5.56 Å². The minimum atomic E-state index is -0.265. The number of benzene rings is 2. The SMILES string of the molecule is O=C(C=Cc1ccc(O)cc1)NCCCCNC(=O)C=Cc1ccc(O)c(O)c1. The molecule has 2 amide bonds. The molecule has 7 nitrogen and oxygen atoms in total. The third kappa shape index (κ3) is 8.21. The Bertz CT molecular complexity index is 889. The quantitative estimate of drug-likeness (QED) is 0.254. The Kier molecular flexibility index (Phi) is 8.31. The molecule has 0 bridgehead atoms. The number of rotatable bonds is 9. The van der Waals surface area contributed by atoms with Crippen molar-refractivity contribution < 1.29 is 24.9 Å². The van der Waals surface area contributed by atoms with Crippen LogP contribution in [-0.4, -0.2) is 40.2 Å². The number of aromatic hydroxyl groups is 3. The van der Waals surface area contributed by atoms with Gasteiger partial charge in [0, 0.05) is 25.2 Å². The minimum absolute atomic E-state index is 0.175. The zero-order valence-corrected chi connectivity index (χ0v) is 15.8. The van der Waals surface area contributed by atoms with Crippen LogP contribution in [0, 0.1) is 0 Å². The standard InChI is InChI=1S/C22H24N2O5/c25-18-8-3-16(4-9-18)6-11-21(28)23-13-1-2-14-24-22(29)12-7-17-5-10-19(26)20(27)15-17/h3-12,15,25-27H,1-2,13-14H2,(H,23,28)(H,24,29). The van der Waals surface area contributed by atoms with Crippen molar-refractivity contribution in [1.82, 2.24) is 10.6 Å². The Hall–Kier alpha value is -3.74. The smallest absolute Gasteiger partial charge is 0.243 e. The Morgan fingerprint density at radius 3 is 1.79 bits per heavy atom. The number of nitrogens with one attached hydrogen (secondary N) is 2. The van der Waals surface area contributed by atoms with Crippen LogP contribution in [0.25, 0.3) is 12.2 Å². The van der Waals surface area contributed by atoms with Gasteiger partial charge in [0.2, 0.25) is 11.8 Å². The topological polar surface area (TPSA) is 119 Å². The minimum Gasteiger partial charge on any atom is -0.508 e. The lowest BCUT2D eigenvalue weighted by atomic mass is 10.2. The molecule has 29 heavy (non-hydrogen) atoms. The second kappa shape index (κ2) is 11.2. The first-order valence-corrected chi connectivity index (χ1v) is 9.17. The molecule has 0 atom stereocenters. The van der Waals surface area contributed by atoms with E-state index in [0.29, 0.717) is 31.5 Å². The highest BCUT2D eigenvalue weighted by Crippen LogP contribution is 2.25. The van der Waals surface area contributed by atoms with Crippen molar-refractivity contribution in [2.45, 2.75) is 12.8 Å². The molecular formula is C22H24N2O5. The fourth-order valence-electron chi connectivity index (χ4n) is 2.36. The van der Waals surface area contributed by atoms with Crippen LogP contribution in [0.3, 0.4) is 0 Å². The van der Waals surface area contributed by atoms with E-state index in [9.17, 15) is 24.9 Å². The van der Waals surface area contributed by atoms with Crippen LogP contribution in [0.2, 0.25) is 0 Å². The number of carbonyl (C=O) groups is 2. The Morgan fingerprint density at radius 1 is 0.724 bits per heavy atom.